The van der Waals surface area contributed by atoms with Crippen LogP contribution < -0.4 is 10.1 Å². The quantitative estimate of drug-likeness (QED) is 0.498. The summed E-state index contributed by atoms with van der Waals surface area (Å²) < 4.78 is 7.00. The number of nitrogens with one attached hydrogen (secondary N) is 1. The number of rotatable bonds is 7. The lowest BCUT2D eigenvalue weighted by Crippen LogP contribution is -2.23. The van der Waals surface area contributed by atoms with E-state index < -0.39 is 0 Å². The lowest BCUT2D eigenvalue weighted by molar-refractivity contribution is 0.0951. The zero-order chi connectivity index (χ0) is 20.8. The van der Waals surface area contributed by atoms with E-state index in [4.69, 9.17) is 9.84 Å². The van der Waals surface area contributed by atoms with E-state index >= 15 is 0 Å². The van der Waals surface area contributed by atoms with Crippen LogP contribution in [0.2, 0.25) is 0 Å². The monoisotopic (exact) mass is 397 g/mol. The molecule has 5 nitrogen and oxygen atoms in total. The van der Waals surface area contributed by atoms with Crippen molar-refractivity contribution in [3.05, 3.63) is 108 Å². The highest BCUT2D eigenvalue weighted by Crippen LogP contribution is 2.22. The predicted octanol–water partition coefficient (Wildman–Crippen LogP) is 4.54. The Kier molecular flexibility index (Phi) is 5.90. The molecule has 0 bridgehead atoms. The van der Waals surface area contributed by atoms with Crippen LogP contribution in [-0.4, -0.2) is 22.8 Å². The van der Waals surface area contributed by atoms with Gasteiger partial charge >= 0.3 is 0 Å². The summed E-state index contributed by atoms with van der Waals surface area (Å²) >= 11 is 0. The van der Waals surface area contributed by atoms with Crippen LogP contribution >= 0.6 is 0 Å². The number of methoxy groups -OCH3 is 1. The van der Waals surface area contributed by atoms with E-state index in [1.807, 2.05) is 95.8 Å². The number of carbonyl (C=O) groups excluding carboxylic acids is 1. The Morgan fingerprint density at radius 1 is 0.900 bits per heavy atom. The van der Waals surface area contributed by atoms with Crippen molar-refractivity contribution in [3.63, 3.8) is 0 Å². The van der Waals surface area contributed by atoms with Crippen LogP contribution in [0.25, 0.3) is 11.3 Å². The second kappa shape index (κ2) is 9.09. The van der Waals surface area contributed by atoms with Crippen molar-refractivity contribution in [2.75, 3.05) is 7.11 Å². The third-order valence-electron chi connectivity index (χ3n) is 4.85. The SMILES string of the molecule is COc1ccc(CNC(=O)c2cn(Cc3ccccc3)nc2-c2ccccc2)cc1. The molecule has 4 rings (SSSR count). The third-order valence-corrected chi connectivity index (χ3v) is 4.85. The summed E-state index contributed by atoms with van der Waals surface area (Å²) in [6.45, 7) is 1.04. The highest BCUT2D eigenvalue weighted by molar-refractivity contribution is 5.99. The van der Waals surface area contributed by atoms with Gasteiger partial charge in [-0.25, -0.2) is 0 Å². The molecule has 1 heterocycles. The molecule has 0 saturated carbocycles. The number of nitrogens with zero attached hydrogens (tertiary/aromatic N) is 2. The summed E-state index contributed by atoms with van der Waals surface area (Å²) in [5.41, 5.74) is 4.29. The van der Waals surface area contributed by atoms with Gasteiger partial charge in [0.1, 0.15) is 11.4 Å². The number of amides is 1. The van der Waals surface area contributed by atoms with Gasteiger partial charge in [-0.2, -0.15) is 5.10 Å². The molecule has 0 saturated heterocycles. The van der Waals surface area contributed by atoms with Crippen LogP contribution in [-0.2, 0) is 13.1 Å². The number of hydrogen-bond donors (Lipinski definition) is 1. The molecule has 0 unspecified atom stereocenters. The molecule has 4 aromatic rings. The van der Waals surface area contributed by atoms with Gasteiger partial charge in [0, 0.05) is 18.3 Å². The maximum atomic E-state index is 13.0. The Hall–Kier alpha value is -3.86. The molecule has 30 heavy (non-hydrogen) atoms. The standard InChI is InChI=1S/C25H23N3O2/c1-30-22-14-12-19(13-15-22)16-26-25(29)23-18-28(17-20-8-4-2-5-9-20)27-24(23)21-10-6-3-7-11-21/h2-15,18H,16-17H2,1H3,(H,26,29). The molecular formula is C25H23N3O2. The first-order chi connectivity index (χ1) is 14.7. The molecule has 3 aromatic carbocycles. The van der Waals surface area contributed by atoms with Crippen molar-refractivity contribution in [2.45, 2.75) is 13.1 Å². The maximum absolute atomic E-state index is 13.0. The van der Waals surface area contributed by atoms with Crippen LogP contribution in [0.3, 0.4) is 0 Å². The fraction of sp³-hybridized carbons (Fsp3) is 0.120. The van der Waals surface area contributed by atoms with Crippen molar-refractivity contribution in [3.8, 4) is 17.0 Å². The normalized spacial score (nSPS) is 10.6. The van der Waals surface area contributed by atoms with Crippen molar-refractivity contribution in [2.24, 2.45) is 0 Å². The fourth-order valence-corrected chi connectivity index (χ4v) is 3.27. The van der Waals surface area contributed by atoms with Crippen molar-refractivity contribution in [1.82, 2.24) is 15.1 Å². The van der Waals surface area contributed by atoms with Crippen LogP contribution in [0.15, 0.2) is 91.1 Å². The average Bonchev–Trinajstić information content (AvgIpc) is 3.23. The van der Waals surface area contributed by atoms with Gasteiger partial charge in [0.05, 0.1) is 19.2 Å². The second-order valence-electron chi connectivity index (χ2n) is 6.97. The Morgan fingerprint density at radius 3 is 2.23 bits per heavy atom. The minimum Gasteiger partial charge on any atom is -0.497 e. The minimum absolute atomic E-state index is 0.149. The Morgan fingerprint density at radius 2 is 1.57 bits per heavy atom. The van der Waals surface area contributed by atoms with Crippen LogP contribution in [0.4, 0.5) is 0 Å². The molecule has 1 amide bonds. The molecule has 0 aliphatic carbocycles. The zero-order valence-electron chi connectivity index (χ0n) is 16.8. The Balaban J connectivity index is 1.57. The number of hydrogen-bond acceptors (Lipinski definition) is 3. The van der Waals surface area contributed by atoms with Gasteiger partial charge in [0.15, 0.2) is 0 Å². The first-order valence-electron chi connectivity index (χ1n) is 9.81. The Bertz CT molecular complexity index is 1100. The third kappa shape index (κ3) is 4.58. The summed E-state index contributed by atoms with van der Waals surface area (Å²) in [6, 6.07) is 27.5. The number of carbonyl (C=O) groups is 1. The fourth-order valence-electron chi connectivity index (χ4n) is 3.27. The summed E-state index contributed by atoms with van der Waals surface area (Å²) in [7, 11) is 1.63. The van der Waals surface area contributed by atoms with E-state index in [2.05, 4.69) is 5.32 Å². The van der Waals surface area contributed by atoms with Crippen molar-refractivity contribution >= 4 is 5.91 Å². The Labute approximate surface area is 175 Å². The summed E-state index contributed by atoms with van der Waals surface area (Å²) in [5, 5.41) is 7.72. The van der Waals surface area contributed by atoms with E-state index in [1.54, 1.807) is 7.11 Å². The van der Waals surface area contributed by atoms with Gasteiger partial charge in [-0.1, -0.05) is 72.8 Å². The van der Waals surface area contributed by atoms with Gasteiger partial charge in [-0.3, -0.25) is 9.48 Å². The molecule has 1 aromatic heterocycles. The summed E-state index contributed by atoms with van der Waals surface area (Å²) in [5.74, 6) is 0.641. The van der Waals surface area contributed by atoms with Gasteiger partial charge in [-0.05, 0) is 23.3 Å². The molecule has 0 aliphatic rings. The smallest absolute Gasteiger partial charge is 0.255 e. The van der Waals surface area contributed by atoms with Crippen LogP contribution in [0.1, 0.15) is 21.5 Å². The summed E-state index contributed by atoms with van der Waals surface area (Å²) in [6.07, 6.45) is 1.82. The zero-order valence-corrected chi connectivity index (χ0v) is 16.8. The first-order valence-corrected chi connectivity index (χ1v) is 9.81. The van der Waals surface area contributed by atoms with Gasteiger partial charge in [0.25, 0.3) is 5.91 Å². The van der Waals surface area contributed by atoms with Crippen LogP contribution in [0, 0.1) is 0 Å². The molecule has 0 radical (unpaired) electrons. The highest BCUT2D eigenvalue weighted by atomic mass is 16.5. The molecular weight excluding hydrogens is 374 g/mol. The minimum atomic E-state index is -0.149. The van der Waals surface area contributed by atoms with E-state index in [1.165, 1.54) is 0 Å². The van der Waals surface area contributed by atoms with E-state index in [0.29, 0.717) is 24.3 Å². The second-order valence-corrected chi connectivity index (χ2v) is 6.97. The molecule has 0 atom stereocenters. The largest absolute Gasteiger partial charge is 0.497 e. The number of benzene rings is 3. The van der Waals surface area contributed by atoms with E-state index in [9.17, 15) is 4.79 Å². The lowest BCUT2D eigenvalue weighted by atomic mass is 10.1. The van der Waals surface area contributed by atoms with E-state index in [-0.39, 0.29) is 5.91 Å². The van der Waals surface area contributed by atoms with E-state index in [0.717, 1.165) is 22.4 Å². The molecule has 1 N–H and O–H groups in total. The first kappa shape index (κ1) is 19.5. The molecule has 5 heteroatoms. The molecule has 0 aliphatic heterocycles. The van der Waals surface area contributed by atoms with Gasteiger partial charge < -0.3 is 10.1 Å². The van der Waals surface area contributed by atoms with Crippen molar-refractivity contribution in [1.29, 1.82) is 0 Å². The topological polar surface area (TPSA) is 56.1 Å². The molecule has 0 fully saturated rings. The highest BCUT2D eigenvalue weighted by Gasteiger charge is 2.18. The van der Waals surface area contributed by atoms with Gasteiger partial charge in [0.2, 0.25) is 0 Å². The predicted molar refractivity (Wildman–Crippen MR) is 117 cm³/mol. The average molecular weight is 397 g/mol. The maximum Gasteiger partial charge on any atom is 0.255 e. The van der Waals surface area contributed by atoms with Crippen LogP contribution in [0.5, 0.6) is 5.75 Å². The summed E-state index contributed by atoms with van der Waals surface area (Å²) in [4.78, 5) is 13.0. The lowest BCUT2D eigenvalue weighted by Gasteiger charge is -2.06. The number of ether oxygens (including phenoxy) is 1. The van der Waals surface area contributed by atoms with Gasteiger partial charge in [-0.15, -0.1) is 0 Å². The van der Waals surface area contributed by atoms with Crippen molar-refractivity contribution < 1.29 is 9.53 Å². The number of aromatic nitrogens is 2. The molecule has 150 valence electrons. The molecule has 0 spiro atoms.